The molecule has 4 aromatic rings. The molecule has 0 aliphatic carbocycles. The van der Waals surface area contributed by atoms with Crippen LogP contribution in [0, 0.1) is 0 Å². The summed E-state index contributed by atoms with van der Waals surface area (Å²) in [5.41, 5.74) is 4.39. The van der Waals surface area contributed by atoms with Gasteiger partial charge in [0.05, 0.1) is 17.6 Å². The summed E-state index contributed by atoms with van der Waals surface area (Å²) in [6.07, 6.45) is 6.33. The van der Waals surface area contributed by atoms with E-state index < -0.39 is 0 Å². The van der Waals surface area contributed by atoms with Crippen molar-refractivity contribution in [2.75, 3.05) is 6.54 Å². The van der Waals surface area contributed by atoms with Crippen LogP contribution in [0.1, 0.15) is 16.8 Å². The van der Waals surface area contributed by atoms with E-state index in [1.54, 1.807) is 6.20 Å². The van der Waals surface area contributed by atoms with Crippen LogP contribution in [0.4, 0.5) is 0 Å². The maximum absolute atomic E-state index is 12.5. The molecule has 144 valence electrons. The first-order valence-corrected chi connectivity index (χ1v) is 9.61. The summed E-state index contributed by atoms with van der Waals surface area (Å²) in [5, 5.41) is 4.48. The molecule has 0 atom stereocenters. The molecular weight excluding hydrogens is 364 g/mol. The number of H-pyrrole nitrogens is 1. The third-order valence-corrected chi connectivity index (χ3v) is 5.12. The fraction of sp³-hybridized carbons (Fsp3) is 0.182. The van der Waals surface area contributed by atoms with Crippen molar-refractivity contribution in [2.24, 2.45) is 0 Å². The smallest absolute Gasteiger partial charge is 0.254 e. The maximum atomic E-state index is 12.5. The predicted molar refractivity (Wildman–Crippen MR) is 109 cm³/mol. The zero-order valence-electron chi connectivity index (χ0n) is 15.8. The van der Waals surface area contributed by atoms with Crippen molar-refractivity contribution in [3.63, 3.8) is 0 Å². The summed E-state index contributed by atoms with van der Waals surface area (Å²) in [4.78, 5) is 26.7. The lowest BCUT2D eigenvalue weighted by molar-refractivity contribution is 0.240. The Morgan fingerprint density at radius 2 is 1.93 bits per heavy atom. The van der Waals surface area contributed by atoms with Gasteiger partial charge in [-0.15, -0.1) is 0 Å². The standard InChI is InChI=1S/C22H20N6O/c29-22-18-9-11-27(13-16-12-24-28(14-16)17-6-2-1-3-7-17)15-20(18)25-21(26-22)19-8-4-5-10-23-19/h1-8,10,12,14H,9,11,13,15H2,(H,25,26,29). The second-order valence-corrected chi connectivity index (χ2v) is 7.14. The summed E-state index contributed by atoms with van der Waals surface area (Å²) >= 11 is 0. The Morgan fingerprint density at radius 3 is 2.76 bits per heavy atom. The molecule has 0 saturated heterocycles. The Kier molecular flexibility index (Phi) is 4.50. The molecule has 3 aromatic heterocycles. The Morgan fingerprint density at radius 1 is 1.07 bits per heavy atom. The molecule has 0 unspecified atom stereocenters. The van der Waals surface area contributed by atoms with Gasteiger partial charge in [-0.3, -0.25) is 14.7 Å². The van der Waals surface area contributed by atoms with E-state index in [1.807, 2.05) is 59.4 Å². The number of nitrogens with zero attached hydrogens (tertiary/aromatic N) is 5. The van der Waals surface area contributed by atoms with Crippen LogP contribution in [0.25, 0.3) is 17.2 Å². The Balaban J connectivity index is 1.36. The third kappa shape index (κ3) is 3.60. The normalized spacial score (nSPS) is 13.9. The van der Waals surface area contributed by atoms with Crippen LogP contribution in [0.2, 0.25) is 0 Å². The van der Waals surface area contributed by atoms with Crippen molar-refractivity contribution in [2.45, 2.75) is 19.5 Å². The first-order chi connectivity index (χ1) is 14.3. The highest BCUT2D eigenvalue weighted by atomic mass is 16.1. The lowest BCUT2D eigenvalue weighted by Crippen LogP contribution is -2.35. The van der Waals surface area contributed by atoms with Crippen molar-refractivity contribution in [3.8, 4) is 17.2 Å². The topological polar surface area (TPSA) is 79.7 Å². The summed E-state index contributed by atoms with van der Waals surface area (Å²) in [5.74, 6) is 0.521. The van der Waals surface area contributed by atoms with Crippen LogP contribution >= 0.6 is 0 Å². The number of benzene rings is 1. The number of para-hydroxylation sites is 1. The Labute approximate surface area is 167 Å². The molecule has 1 aliphatic rings. The minimum atomic E-state index is -0.0628. The number of nitrogens with one attached hydrogen (secondary N) is 1. The van der Waals surface area contributed by atoms with Gasteiger partial charge in [0.15, 0.2) is 5.82 Å². The monoisotopic (exact) mass is 384 g/mol. The van der Waals surface area contributed by atoms with Gasteiger partial charge in [0, 0.05) is 43.2 Å². The van der Waals surface area contributed by atoms with Crippen LogP contribution in [-0.2, 0) is 19.5 Å². The zero-order chi connectivity index (χ0) is 19.6. The van der Waals surface area contributed by atoms with Crippen molar-refractivity contribution in [1.29, 1.82) is 0 Å². The number of hydrogen-bond donors (Lipinski definition) is 1. The summed E-state index contributed by atoms with van der Waals surface area (Å²) in [7, 11) is 0. The molecule has 5 rings (SSSR count). The number of fused-ring (bicyclic) bond motifs is 1. The lowest BCUT2D eigenvalue weighted by Gasteiger charge is -2.27. The van der Waals surface area contributed by atoms with Gasteiger partial charge in [-0.2, -0.15) is 5.10 Å². The molecule has 0 fully saturated rings. The lowest BCUT2D eigenvalue weighted by atomic mass is 10.1. The molecular formula is C22H20N6O. The van der Waals surface area contributed by atoms with Crippen molar-refractivity contribution in [3.05, 3.63) is 94.3 Å². The molecule has 0 spiro atoms. The van der Waals surface area contributed by atoms with Gasteiger partial charge in [-0.05, 0) is 30.7 Å². The number of rotatable bonds is 4. The second-order valence-electron chi connectivity index (χ2n) is 7.14. The van der Waals surface area contributed by atoms with E-state index in [2.05, 4.69) is 26.2 Å². The van der Waals surface area contributed by atoms with E-state index in [-0.39, 0.29) is 5.56 Å². The molecule has 1 aromatic carbocycles. The van der Waals surface area contributed by atoms with Crippen LogP contribution in [-0.4, -0.2) is 36.2 Å². The quantitative estimate of drug-likeness (QED) is 0.585. The van der Waals surface area contributed by atoms with Crippen LogP contribution in [0.3, 0.4) is 0 Å². The van der Waals surface area contributed by atoms with Crippen molar-refractivity contribution >= 4 is 0 Å². The summed E-state index contributed by atoms with van der Waals surface area (Å²) < 4.78 is 1.88. The number of aromatic nitrogens is 5. The zero-order valence-corrected chi connectivity index (χ0v) is 15.8. The third-order valence-electron chi connectivity index (χ3n) is 5.12. The van der Waals surface area contributed by atoms with Crippen LogP contribution in [0.15, 0.2) is 71.9 Å². The van der Waals surface area contributed by atoms with Gasteiger partial charge in [0.1, 0.15) is 5.69 Å². The summed E-state index contributed by atoms with van der Waals surface area (Å²) in [6, 6.07) is 15.6. The van der Waals surface area contributed by atoms with Crippen molar-refractivity contribution in [1.82, 2.24) is 29.6 Å². The highest BCUT2D eigenvalue weighted by Gasteiger charge is 2.22. The first-order valence-electron chi connectivity index (χ1n) is 9.61. The predicted octanol–water partition coefficient (Wildman–Crippen LogP) is 2.58. The van der Waals surface area contributed by atoms with Crippen LogP contribution < -0.4 is 5.56 Å². The van der Waals surface area contributed by atoms with Crippen molar-refractivity contribution < 1.29 is 0 Å². The fourth-order valence-corrected chi connectivity index (χ4v) is 3.67. The van der Waals surface area contributed by atoms with E-state index in [0.717, 1.165) is 35.6 Å². The maximum Gasteiger partial charge on any atom is 0.254 e. The molecule has 7 heteroatoms. The van der Waals surface area contributed by atoms with E-state index in [9.17, 15) is 4.79 Å². The fourth-order valence-electron chi connectivity index (χ4n) is 3.67. The highest BCUT2D eigenvalue weighted by molar-refractivity contribution is 5.49. The molecule has 0 amide bonds. The minimum Gasteiger partial charge on any atom is -0.305 e. The highest BCUT2D eigenvalue weighted by Crippen LogP contribution is 2.19. The number of hydrogen-bond acceptors (Lipinski definition) is 5. The number of aromatic amines is 1. The molecule has 29 heavy (non-hydrogen) atoms. The Bertz CT molecular complexity index is 1180. The van der Waals surface area contributed by atoms with Gasteiger partial charge in [0.2, 0.25) is 0 Å². The van der Waals surface area contributed by atoms with Gasteiger partial charge >= 0.3 is 0 Å². The SMILES string of the molecule is O=c1[nH]c(-c2ccccn2)nc2c1CCN(Cc1cnn(-c3ccccc3)c1)C2. The second kappa shape index (κ2) is 7.44. The van der Waals surface area contributed by atoms with Crippen LogP contribution in [0.5, 0.6) is 0 Å². The Hall–Kier alpha value is -3.58. The van der Waals surface area contributed by atoms with Gasteiger partial charge in [-0.25, -0.2) is 9.67 Å². The van der Waals surface area contributed by atoms with Gasteiger partial charge < -0.3 is 4.98 Å². The largest absolute Gasteiger partial charge is 0.305 e. The average molecular weight is 384 g/mol. The minimum absolute atomic E-state index is 0.0628. The molecule has 0 radical (unpaired) electrons. The average Bonchev–Trinajstić information content (AvgIpc) is 3.23. The molecule has 0 bridgehead atoms. The van der Waals surface area contributed by atoms with Gasteiger partial charge in [0.25, 0.3) is 5.56 Å². The molecule has 1 aliphatic heterocycles. The number of pyridine rings is 1. The van der Waals surface area contributed by atoms with E-state index in [4.69, 9.17) is 4.98 Å². The van der Waals surface area contributed by atoms with E-state index in [0.29, 0.717) is 24.5 Å². The first kappa shape index (κ1) is 17.5. The van der Waals surface area contributed by atoms with E-state index >= 15 is 0 Å². The van der Waals surface area contributed by atoms with E-state index in [1.165, 1.54) is 0 Å². The molecule has 4 heterocycles. The van der Waals surface area contributed by atoms with Gasteiger partial charge in [-0.1, -0.05) is 24.3 Å². The molecule has 7 nitrogen and oxygen atoms in total. The molecule has 0 saturated carbocycles. The summed E-state index contributed by atoms with van der Waals surface area (Å²) in [6.45, 7) is 2.21. The molecule has 1 N–H and O–H groups in total.